The number of carbonyl (C=O) groups excluding carboxylic acids is 1. The van der Waals surface area contributed by atoms with Gasteiger partial charge in [-0.2, -0.15) is 0 Å². The van der Waals surface area contributed by atoms with Crippen LogP contribution in [0.15, 0.2) is 62.1 Å². The average Bonchev–Trinajstić information content (AvgIpc) is 3.08. The molecule has 2 heterocycles. The predicted molar refractivity (Wildman–Crippen MR) is 110 cm³/mol. The minimum atomic E-state index is -3.81. The summed E-state index contributed by atoms with van der Waals surface area (Å²) in [5.41, 5.74) is 1.57. The van der Waals surface area contributed by atoms with Crippen molar-refractivity contribution in [1.29, 1.82) is 0 Å². The van der Waals surface area contributed by atoms with E-state index in [2.05, 4.69) is 21.2 Å². The molecule has 1 atom stereocenters. The molecule has 8 heteroatoms. The normalized spacial score (nSPS) is 16.5. The van der Waals surface area contributed by atoms with Gasteiger partial charge in [0.2, 0.25) is 15.7 Å². The van der Waals surface area contributed by atoms with Gasteiger partial charge in [0.25, 0.3) is 0 Å². The number of halogens is 2. The highest BCUT2D eigenvalue weighted by Crippen LogP contribution is 2.46. The summed E-state index contributed by atoms with van der Waals surface area (Å²) in [5.74, 6) is -1.30. The highest BCUT2D eigenvalue weighted by Gasteiger charge is 2.35. The molecule has 28 heavy (non-hydrogen) atoms. The van der Waals surface area contributed by atoms with Crippen LogP contribution in [-0.4, -0.2) is 14.3 Å². The SMILES string of the molecule is Cc1ccc(S(=O)(=O)c2csc3c2NC(=O)C[C@H]3c2cc(Br)ccc2F)cc1. The van der Waals surface area contributed by atoms with E-state index in [1.54, 1.807) is 36.4 Å². The molecule has 144 valence electrons. The van der Waals surface area contributed by atoms with Crippen molar-refractivity contribution in [1.82, 2.24) is 0 Å². The lowest BCUT2D eigenvalue weighted by atomic mass is 9.90. The first-order valence-electron chi connectivity index (χ1n) is 8.45. The molecule has 1 N–H and O–H groups in total. The van der Waals surface area contributed by atoms with Crippen LogP contribution in [0.5, 0.6) is 0 Å². The molecule has 0 spiro atoms. The molecule has 0 saturated carbocycles. The molecule has 1 aliphatic rings. The fraction of sp³-hybridized carbons (Fsp3) is 0.150. The van der Waals surface area contributed by atoms with E-state index < -0.39 is 21.6 Å². The van der Waals surface area contributed by atoms with Gasteiger partial charge in [0.15, 0.2) is 0 Å². The number of thiophene rings is 1. The number of fused-ring (bicyclic) bond motifs is 1. The monoisotopic (exact) mass is 479 g/mol. The summed E-state index contributed by atoms with van der Waals surface area (Å²) >= 11 is 4.55. The summed E-state index contributed by atoms with van der Waals surface area (Å²) in [6.45, 7) is 1.88. The second-order valence-corrected chi connectivity index (χ2v) is 10.4. The Balaban J connectivity index is 1.85. The van der Waals surface area contributed by atoms with Crippen LogP contribution in [0.1, 0.15) is 28.3 Å². The number of hydrogen-bond donors (Lipinski definition) is 1. The topological polar surface area (TPSA) is 63.2 Å². The van der Waals surface area contributed by atoms with Gasteiger partial charge in [-0.15, -0.1) is 11.3 Å². The average molecular weight is 480 g/mol. The Morgan fingerprint density at radius 1 is 1.18 bits per heavy atom. The van der Waals surface area contributed by atoms with Crippen LogP contribution in [0.3, 0.4) is 0 Å². The Hall–Kier alpha value is -2.03. The van der Waals surface area contributed by atoms with E-state index in [9.17, 15) is 17.6 Å². The Morgan fingerprint density at radius 3 is 2.61 bits per heavy atom. The number of carbonyl (C=O) groups is 1. The van der Waals surface area contributed by atoms with Gasteiger partial charge in [0.05, 0.1) is 10.6 Å². The third-order valence-electron chi connectivity index (χ3n) is 4.71. The lowest BCUT2D eigenvalue weighted by molar-refractivity contribution is -0.116. The number of sulfone groups is 1. The fourth-order valence-corrected chi connectivity index (χ4v) is 6.56. The Morgan fingerprint density at radius 2 is 1.89 bits per heavy atom. The minimum Gasteiger partial charge on any atom is -0.324 e. The number of aryl methyl sites for hydroxylation is 1. The summed E-state index contributed by atoms with van der Waals surface area (Å²) < 4.78 is 41.4. The van der Waals surface area contributed by atoms with Gasteiger partial charge in [-0.1, -0.05) is 33.6 Å². The highest BCUT2D eigenvalue weighted by atomic mass is 79.9. The molecule has 0 bridgehead atoms. The molecule has 0 aliphatic carbocycles. The Bertz CT molecular complexity index is 1190. The van der Waals surface area contributed by atoms with Gasteiger partial charge >= 0.3 is 0 Å². The summed E-state index contributed by atoms with van der Waals surface area (Å²) in [6, 6.07) is 11.1. The minimum absolute atomic E-state index is 0.0461. The summed E-state index contributed by atoms with van der Waals surface area (Å²) in [5, 5.41) is 4.21. The van der Waals surface area contributed by atoms with E-state index in [-0.39, 0.29) is 27.8 Å². The molecular weight excluding hydrogens is 465 g/mol. The van der Waals surface area contributed by atoms with Crippen LogP contribution in [0.2, 0.25) is 0 Å². The van der Waals surface area contributed by atoms with E-state index >= 15 is 0 Å². The summed E-state index contributed by atoms with van der Waals surface area (Å²) in [6.07, 6.45) is 0.0604. The second kappa shape index (κ2) is 7.09. The highest BCUT2D eigenvalue weighted by molar-refractivity contribution is 9.10. The smallest absolute Gasteiger partial charge is 0.225 e. The van der Waals surface area contributed by atoms with E-state index in [0.717, 1.165) is 5.56 Å². The molecule has 2 aromatic carbocycles. The third kappa shape index (κ3) is 3.29. The van der Waals surface area contributed by atoms with E-state index in [4.69, 9.17) is 0 Å². The van der Waals surface area contributed by atoms with Crippen molar-refractivity contribution in [2.24, 2.45) is 0 Å². The molecule has 0 unspecified atom stereocenters. The Kier molecular flexibility index (Phi) is 4.89. The number of nitrogens with one attached hydrogen (secondary N) is 1. The van der Waals surface area contributed by atoms with Crippen LogP contribution in [0.4, 0.5) is 10.1 Å². The molecule has 4 nitrogen and oxygen atoms in total. The number of rotatable bonds is 3. The molecule has 3 aromatic rings. The zero-order valence-electron chi connectivity index (χ0n) is 14.7. The first kappa shape index (κ1) is 19.3. The molecule has 0 saturated heterocycles. The molecule has 1 aliphatic heterocycles. The number of anilines is 1. The predicted octanol–water partition coefficient (Wildman–Crippen LogP) is 5.27. The van der Waals surface area contributed by atoms with Crippen molar-refractivity contribution in [3.05, 3.63) is 74.1 Å². The largest absolute Gasteiger partial charge is 0.324 e. The summed E-state index contributed by atoms with van der Waals surface area (Å²) in [4.78, 5) is 13.2. The van der Waals surface area contributed by atoms with Crippen molar-refractivity contribution in [2.45, 2.75) is 29.1 Å². The van der Waals surface area contributed by atoms with Crippen molar-refractivity contribution < 1.29 is 17.6 Å². The van der Waals surface area contributed by atoms with Gasteiger partial charge in [-0.25, -0.2) is 12.8 Å². The summed E-state index contributed by atoms with van der Waals surface area (Å²) in [7, 11) is -3.81. The maximum Gasteiger partial charge on any atom is 0.225 e. The van der Waals surface area contributed by atoms with Crippen LogP contribution in [-0.2, 0) is 14.6 Å². The molecule has 1 aromatic heterocycles. The lowest BCUT2D eigenvalue weighted by Crippen LogP contribution is -2.24. The quantitative estimate of drug-likeness (QED) is 0.556. The maximum atomic E-state index is 14.5. The van der Waals surface area contributed by atoms with E-state index in [0.29, 0.717) is 14.9 Å². The van der Waals surface area contributed by atoms with Gasteiger partial charge in [-0.05, 0) is 42.8 Å². The molecule has 0 radical (unpaired) electrons. The van der Waals surface area contributed by atoms with Crippen LogP contribution < -0.4 is 5.32 Å². The van der Waals surface area contributed by atoms with Gasteiger partial charge in [0, 0.05) is 27.1 Å². The van der Waals surface area contributed by atoms with E-state index in [1.165, 1.54) is 22.8 Å². The Labute approximate surface area is 174 Å². The van der Waals surface area contributed by atoms with Gasteiger partial charge < -0.3 is 5.32 Å². The standard InChI is InChI=1S/C20H15BrFNO3S2/c1-11-2-5-13(6-3-11)28(25,26)17-10-27-20-15(9-18(24)23-19(17)20)14-8-12(21)4-7-16(14)22/h2-8,10,15H,9H2,1H3,(H,23,24)/t15-/m0/s1. The number of amides is 1. The lowest BCUT2D eigenvalue weighted by Gasteiger charge is -2.24. The zero-order valence-corrected chi connectivity index (χ0v) is 17.9. The fourth-order valence-electron chi connectivity index (χ4n) is 3.28. The molecule has 1 amide bonds. The molecule has 0 fully saturated rings. The van der Waals surface area contributed by atoms with Crippen molar-refractivity contribution in [3.8, 4) is 0 Å². The third-order valence-corrected chi connectivity index (χ3v) is 8.24. The van der Waals surface area contributed by atoms with Gasteiger partial charge in [0.1, 0.15) is 10.7 Å². The van der Waals surface area contributed by atoms with Crippen molar-refractivity contribution >= 4 is 48.7 Å². The van der Waals surface area contributed by atoms with Crippen molar-refractivity contribution in [2.75, 3.05) is 5.32 Å². The van der Waals surface area contributed by atoms with Crippen LogP contribution in [0, 0.1) is 12.7 Å². The van der Waals surface area contributed by atoms with Crippen LogP contribution >= 0.6 is 27.3 Å². The van der Waals surface area contributed by atoms with Crippen molar-refractivity contribution in [3.63, 3.8) is 0 Å². The molecular formula is C20H15BrFNO3S2. The number of hydrogen-bond acceptors (Lipinski definition) is 4. The number of benzene rings is 2. The second-order valence-electron chi connectivity index (χ2n) is 6.63. The maximum absolute atomic E-state index is 14.5. The zero-order chi connectivity index (χ0) is 20.1. The first-order chi connectivity index (χ1) is 13.3. The van der Waals surface area contributed by atoms with Crippen LogP contribution in [0.25, 0.3) is 0 Å². The molecule has 4 rings (SSSR count). The van der Waals surface area contributed by atoms with Gasteiger partial charge in [-0.3, -0.25) is 4.79 Å². The first-order valence-corrected chi connectivity index (χ1v) is 11.6. The van der Waals surface area contributed by atoms with E-state index in [1.807, 2.05) is 6.92 Å².